The van der Waals surface area contributed by atoms with Gasteiger partial charge in [0.15, 0.2) is 5.82 Å². The van der Waals surface area contributed by atoms with Crippen LogP contribution in [0.4, 0.5) is 18.9 Å². The fraction of sp³-hybridized carbons (Fsp3) is 0.381. The lowest BCUT2D eigenvalue weighted by Crippen LogP contribution is -2.44. The van der Waals surface area contributed by atoms with E-state index in [0.29, 0.717) is 31.5 Å². The van der Waals surface area contributed by atoms with Crippen molar-refractivity contribution in [1.82, 2.24) is 19.7 Å². The Hall–Kier alpha value is -2.65. The summed E-state index contributed by atoms with van der Waals surface area (Å²) in [6, 6.07) is 2.00. The first-order valence-corrected chi connectivity index (χ1v) is 9.99. The average Bonchev–Trinajstić information content (AvgIpc) is 2.71. The predicted octanol–water partition coefficient (Wildman–Crippen LogP) is 4.41. The van der Waals surface area contributed by atoms with Crippen LogP contribution in [0.3, 0.4) is 0 Å². The van der Waals surface area contributed by atoms with Gasteiger partial charge in [-0.15, -0.1) is 13.2 Å². The topological polar surface area (TPSA) is 63.1 Å². The van der Waals surface area contributed by atoms with Gasteiger partial charge in [-0.1, -0.05) is 37.6 Å². The lowest BCUT2D eigenvalue weighted by Gasteiger charge is -2.33. The molecule has 0 saturated heterocycles. The number of halogens is 4. The van der Waals surface area contributed by atoms with Crippen molar-refractivity contribution in [3.8, 4) is 5.82 Å². The van der Waals surface area contributed by atoms with Crippen LogP contribution in [0.5, 0.6) is 0 Å². The lowest BCUT2D eigenvalue weighted by molar-refractivity contribution is -0.137. The highest BCUT2D eigenvalue weighted by Gasteiger charge is 2.30. The minimum Gasteiger partial charge on any atom is -0.381 e. The van der Waals surface area contributed by atoms with Gasteiger partial charge in [0.25, 0.3) is 5.56 Å². The van der Waals surface area contributed by atoms with Gasteiger partial charge in [-0.25, -0.2) is 4.98 Å². The van der Waals surface area contributed by atoms with Crippen molar-refractivity contribution < 1.29 is 13.2 Å². The smallest absolute Gasteiger partial charge is 0.381 e. The maximum Gasteiger partial charge on any atom is 0.417 e. The summed E-state index contributed by atoms with van der Waals surface area (Å²) >= 11 is 6.23. The number of rotatable bonds is 10. The van der Waals surface area contributed by atoms with Gasteiger partial charge in [0.1, 0.15) is 5.02 Å². The van der Waals surface area contributed by atoms with Crippen molar-refractivity contribution in [2.75, 3.05) is 25.0 Å². The summed E-state index contributed by atoms with van der Waals surface area (Å²) in [5, 5.41) is 7.04. The second-order valence-corrected chi connectivity index (χ2v) is 7.59. The maximum atomic E-state index is 12.7. The zero-order chi connectivity index (χ0) is 23.2. The van der Waals surface area contributed by atoms with Crippen molar-refractivity contribution in [2.24, 2.45) is 5.92 Å². The van der Waals surface area contributed by atoms with Crippen molar-refractivity contribution in [1.29, 1.82) is 0 Å². The second-order valence-electron chi connectivity index (χ2n) is 7.22. The fourth-order valence-electron chi connectivity index (χ4n) is 3.08. The number of aromatic nitrogens is 3. The van der Waals surface area contributed by atoms with Gasteiger partial charge < -0.3 is 5.32 Å². The zero-order valence-corrected chi connectivity index (χ0v) is 18.1. The Morgan fingerprint density at radius 1 is 1.23 bits per heavy atom. The van der Waals surface area contributed by atoms with Crippen LogP contribution in [0.2, 0.25) is 5.02 Å². The molecular weight excluding hydrogens is 431 g/mol. The molecule has 1 N–H and O–H groups in total. The summed E-state index contributed by atoms with van der Waals surface area (Å²) in [6.45, 7) is 13.6. The highest BCUT2D eigenvalue weighted by Crippen LogP contribution is 2.28. The van der Waals surface area contributed by atoms with Crippen LogP contribution in [0.15, 0.2) is 54.6 Å². The Balaban J connectivity index is 2.24. The first-order chi connectivity index (χ1) is 14.6. The Morgan fingerprint density at radius 2 is 1.87 bits per heavy atom. The highest BCUT2D eigenvalue weighted by atomic mass is 35.5. The number of nitrogens with one attached hydrogen (secondary N) is 1. The molecule has 2 rings (SSSR count). The summed E-state index contributed by atoms with van der Waals surface area (Å²) in [6.07, 6.45) is 1.10. The Labute approximate surface area is 184 Å². The van der Waals surface area contributed by atoms with Gasteiger partial charge >= 0.3 is 6.18 Å². The Bertz CT molecular complexity index is 947. The minimum atomic E-state index is -4.52. The van der Waals surface area contributed by atoms with Crippen molar-refractivity contribution in [2.45, 2.75) is 26.1 Å². The predicted molar refractivity (Wildman–Crippen MR) is 117 cm³/mol. The van der Waals surface area contributed by atoms with Crippen molar-refractivity contribution in [3.05, 3.63) is 70.8 Å². The van der Waals surface area contributed by atoms with Gasteiger partial charge in [-0.05, 0) is 18.1 Å². The molecule has 2 heterocycles. The molecule has 2 aromatic heterocycles. The van der Waals surface area contributed by atoms with E-state index in [1.807, 2.05) is 12.2 Å². The number of pyridine rings is 1. The van der Waals surface area contributed by atoms with E-state index in [9.17, 15) is 18.0 Å². The molecule has 168 valence electrons. The standard InChI is InChI=1S/C21H25ClF3N5O/c1-5-9-29(10-6-2)17(14(3)4)13-26-16-12-28-30(20(31)19(16)22)18-8-7-15(11-27-18)21(23,24)25/h5-8,11-12,14,17,26H,1-2,9-10,13H2,3-4H3. The molecule has 0 spiro atoms. The Morgan fingerprint density at radius 3 is 2.35 bits per heavy atom. The molecule has 0 aliphatic heterocycles. The molecule has 0 amide bonds. The van der Waals surface area contributed by atoms with Gasteiger partial charge in [0.05, 0.1) is 17.4 Å². The molecule has 31 heavy (non-hydrogen) atoms. The molecular formula is C21H25ClF3N5O. The SMILES string of the molecule is C=CCN(CC=C)C(CNc1cnn(-c2ccc(C(F)(F)F)cn2)c(=O)c1Cl)C(C)C. The van der Waals surface area contributed by atoms with Gasteiger partial charge in [0.2, 0.25) is 0 Å². The van der Waals surface area contributed by atoms with Gasteiger partial charge in [-0.3, -0.25) is 9.69 Å². The molecule has 0 bridgehead atoms. The Kier molecular flexibility index (Phi) is 8.41. The molecule has 0 aromatic carbocycles. The van der Waals surface area contributed by atoms with E-state index >= 15 is 0 Å². The molecule has 1 atom stereocenters. The number of anilines is 1. The quantitative estimate of drug-likeness (QED) is 0.538. The van der Waals surface area contributed by atoms with Crippen molar-refractivity contribution >= 4 is 17.3 Å². The van der Waals surface area contributed by atoms with Crippen LogP contribution in [-0.2, 0) is 6.18 Å². The fourth-order valence-corrected chi connectivity index (χ4v) is 3.27. The van der Waals surface area contributed by atoms with Crippen LogP contribution in [0.1, 0.15) is 19.4 Å². The first kappa shape index (κ1) is 24.6. The summed E-state index contributed by atoms with van der Waals surface area (Å²) in [4.78, 5) is 18.5. The van der Waals surface area contributed by atoms with Crippen molar-refractivity contribution in [3.63, 3.8) is 0 Å². The van der Waals surface area contributed by atoms with E-state index in [0.717, 1.165) is 16.8 Å². The van der Waals surface area contributed by atoms with E-state index in [2.05, 4.69) is 47.3 Å². The summed E-state index contributed by atoms with van der Waals surface area (Å²) < 4.78 is 39.0. The molecule has 0 aliphatic carbocycles. The van der Waals surface area contributed by atoms with Crippen LogP contribution in [0, 0.1) is 5.92 Å². The van der Waals surface area contributed by atoms with E-state index in [-0.39, 0.29) is 22.8 Å². The monoisotopic (exact) mass is 455 g/mol. The number of alkyl halides is 3. The lowest BCUT2D eigenvalue weighted by atomic mass is 10.0. The highest BCUT2D eigenvalue weighted by molar-refractivity contribution is 6.32. The van der Waals surface area contributed by atoms with Crippen LogP contribution in [-0.4, -0.2) is 45.3 Å². The molecule has 0 aliphatic rings. The first-order valence-electron chi connectivity index (χ1n) is 9.61. The van der Waals surface area contributed by atoms with E-state index < -0.39 is 17.3 Å². The molecule has 0 radical (unpaired) electrons. The van der Waals surface area contributed by atoms with Gasteiger partial charge in [0, 0.05) is 31.9 Å². The second kappa shape index (κ2) is 10.6. The maximum absolute atomic E-state index is 12.7. The normalized spacial score (nSPS) is 12.8. The van der Waals surface area contributed by atoms with Gasteiger partial charge in [-0.2, -0.15) is 23.0 Å². The summed E-state index contributed by atoms with van der Waals surface area (Å²) in [5.74, 6) is 0.227. The largest absolute Gasteiger partial charge is 0.417 e. The average molecular weight is 456 g/mol. The third-order valence-corrected chi connectivity index (χ3v) is 5.04. The molecule has 0 fully saturated rings. The number of hydrogen-bond donors (Lipinski definition) is 1. The minimum absolute atomic E-state index is 0.0605. The molecule has 0 saturated carbocycles. The third-order valence-electron chi connectivity index (χ3n) is 4.68. The molecule has 2 aromatic rings. The molecule has 10 heteroatoms. The van der Waals surface area contributed by atoms with Crippen LogP contribution >= 0.6 is 11.6 Å². The summed E-state index contributed by atoms with van der Waals surface area (Å²) in [7, 11) is 0. The van der Waals surface area contributed by atoms with Crippen LogP contribution in [0.25, 0.3) is 5.82 Å². The van der Waals surface area contributed by atoms with Crippen LogP contribution < -0.4 is 10.9 Å². The van der Waals surface area contributed by atoms with E-state index in [1.165, 1.54) is 6.20 Å². The summed E-state index contributed by atoms with van der Waals surface area (Å²) in [5.41, 5.74) is -1.27. The third kappa shape index (κ3) is 6.18. The zero-order valence-electron chi connectivity index (χ0n) is 17.4. The van der Waals surface area contributed by atoms with E-state index in [4.69, 9.17) is 11.6 Å². The number of nitrogens with zero attached hydrogens (tertiary/aromatic N) is 4. The number of hydrogen-bond acceptors (Lipinski definition) is 5. The molecule has 1 unspecified atom stereocenters. The van der Waals surface area contributed by atoms with E-state index in [1.54, 1.807) is 0 Å². The molecule has 6 nitrogen and oxygen atoms in total.